The molecule has 0 saturated heterocycles. The lowest BCUT2D eigenvalue weighted by Gasteiger charge is -2.20. The highest BCUT2D eigenvalue weighted by atomic mass is 35.5. The molecule has 0 atom stereocenters. The van der Waals surface area contributed by atoms with Crippen LogP contribution < -0.4 is 5.32 Å². The van der Waals surface area contributed by atoms with E-state index in [0.717, 1.165) is 36.8 Å². The van der Waals surface area contributed by atoms with Crippen molar-refractivity contribution < 1.29 is 0 Å². The topological polar surface area (TPSA) is 33.1 Å². The van der Waals surface area contributed by atoms with E-state index in [1.54, 1.807) is 6.20 Å². The Hall–Kier alpha value is -0.580. The third kappa shape index (κ3) is 5.38. The molecule has 0 aliphatic rings. The zero-order valence-corrected chi connectivity index (χ0v) is 12.9. The number of nitrogens with zero attached hydrogens (tertiary/aromatic N) is 3. The molecular formula is C13H25ClN4. The van der Waals surface area contributed by atoms with Gasteiger partial charge in [-0.1, -0.05) is 11.6 Å². The SMILES string of the molecule is CN(C)CCn1ncc(Cl)c1CCNC(C)(C)C. The van der Waals surface area contributed by atoms with Gasteiger partial charge >= 0.3 is 0 Å². The summed E-state index contributed by atoms with van der Waals surface area (Å²) in [5.74, 6) is 0. The number of rotatable bonds is 6. The Morgan fingerprint density at radius 1 is 1.39 bits per heavy atom. The fourth-order valence-corrected chi connectivity index (χ4v) is 1.92. The van der Waals surface area contributed by atoms with E-state index >= 15 is 0 Å². The summed E-state index contributed by atoms with van der Waals surface area (Å²) < 4.78 is 2.01. The number of likely N-dealkylation sites (N-methyl/N-ethyl adjacent to an activating group) is 1. The fraction of sp³-hybridized carbons (Fsp3) is 0.769. The van der Waals surface area contributed by atoms with Gasteiger partial charge in [0.2, 0.25) is 0 Å². The van der Waals surface area contributed by atoms with E-state index in [1.807, 2.05) is 4.68 Å². The summed E-state index contributed by atoms with van der Waals surface area (Å²) in [6.07, 6.45) is 2.65. The van der Waals surface area contributed by atoms with Crippen molar-refractivity contribution >= 4 is 11.6 Å². The monoisotopic (exact) mass is 272 g/mol. The van der Waals surface area contributed by atoms with Crippen LogP contribution in [0.15, 0.2) is 6.20 Å². The summed E-state index contributed by atoms with van der Waals surface area (Å²) in [5, 5.41) is 8.57. The van der Waals surface area contributed by atoms with Crippen molar-refractivity contribution in [2.24, 2.45) is 0 Å². The van der Waals surface area contributed by atoms with Crippen LogP contribution in [-0.4, -0.2) is 47.4 Å². The standard InChI is InChI=1S/C13H25ClN4/c1-13(2,3)15-7-6-12-11(14)10-16-18(12)9-8-17(4)5/h10,15H,6-9H2,1-5H3. The van der Waals surface area contributed by atoms with Gasteiger partial charge in [0.25, 0.3) is 0 Å². The summed E-state index contributed by atoms with van der Waals surface area (Å²) in [7, 11) is 4.12. The quantitative estimate of drug-likeness (QED) is 0.860. The molecule has 1 N–H and O–H groups in total. The molecule has 1 rings (SSSR count). The van der Waals surface area contributed by atoms with Gasteiger partial charge in [-0.05, 0) is 34.9 Å². The zero-order chi connectivity index (χ0) is 13.8. The van der Waals surface area contributed by atoms with E-state index in [0.29, 0.717) is 0 Å². The van der Waals surface area contributed by atoms with E-state index in [-0.39, 0.29) is 5.54 Å². The summed E-state index contributed by atoms with van der Waals surface area (Å²) in [6.45, 7) is 9.26. The Bertz CT molecular complexity index is 366. The van der Waals surface area contributed by atoms with Crippen LogP contribution >= 0.6 is 11.6 Å². The lowest BCUT2D eigenvalue weighted by Crippen LogP contribution is -2.37. The van der Waals surface area contributed by atoms with Crippen LogP contribution in [0.3, 0.4) is 0 Å². The number of halogens is 1. The second kappa shape index (κ2) is 6.55. The molecular weight excluding hydrogens is 248 g/mol. The molecule has 104 valence electrons. The highest BCUT2D eigenvalue weighted by Crippen LogP contribution is 2.15. The molecule has 4 nitrogen and oxygen atoms in total. The van der Waals surface area contributed by atoms with Crippen molar-refractivity contribution in [1.82, 2.24) is 20.0 Å². The Morgan fingerprint density at radius 3 is 2.61 bits per heavy atom. The van der Waals surface area contributed by atoms with Gasteiger partial charge in [-0.15, -0.1) is 0 Å². The maximum atomic E-state index is 6.19. The van der Waals surface area contributed by atoms with E-state index in [9.17, 15) is 0 Å². The van der Waals surface area contributed by atoms with Crippen LogP contribution in [0.25, 0.3) is 0 Å². The van der Waals surface area contributed by atoms with Crippen molar-refractivity contribution in [1.29, 1.82) is 0 Å². The van der Waals surface area contributed by atoms with Gasteiger partial charge < -0.3 is 10.2 Å². The minimum atomic E-state index is 0.140. The minimum Gasteiger partial charge on any atom is -0.312 e. The molecule has 0 spiro atoms. The normalized spacial score (nSPS) is 12.4. The van der Waals surface area contributed by atoms with Gasteiger partial charge in [0.15, 0.2) is 0 Å². The first-order valence-corrected chi connectivity index (χ1v) is 6.77. The molecule has 0 aromatic carbocycles. The van der Waals surface area contributed by atoms with Crippen molar-refractivity contribution in [2.45, 2.75) is 39.3 Å². The number of nitrogens with one attached hydrogen (secondary N) is 1. The Labute approximate surface area is 115 Å². The molecule has 0 aliphatic carbocycles. The first kappa shape index (κ1) is 15.5. The molecule has 18 heavy (non-hydrogen) atoms. The Kier molecular flexibility index (Phi) is 5.63. The lowest BCUT2D eigenvalue weighted by atomic mass is 10.1. The van der Waals surface area contributed by atoms with Crippen LogP contribution in [0.2, 0.25) is 5.02 Å². The second-order valence-electron chi connectivity index (χ2n) is 5.89. The summed E-state index contributed by atoms with van der Waals surface area (Å²) in [5.41, 5.74) is 1.26. The number of hydrogen-bond donors (Lipinski definition) is 1. The molecule has 0 radical (unpaired) electrons. The maximum Gasteiger partial charge on any atom is 0.0818 e. The second-order valence-corrected chi connectivity index (χ2v) is 6.30. The molecule has 0 aliphatic heterocycles. The van der Waals surface area contributed by atoms with E-state index in [2.05, 4.69) is 50.2 Å². The van der Waals surface area contributed by atoms with Gasteiger partial charge in [-0.2, -0.15) is 5.10 Å². The molecule has 0 saturated carbocycles. The molecule has 0 bridgehead atoms. The van der Waals surface area contributed by atoms with Crippen molar-refractivity contribution in [3.63, 3.8) is 0 Å². The first-order chi connectivity index (χ1) is 8.29. The smallest absolute Gasteiger partial charge is 0.0818 e. The predicted octanol–water partition coefficient (Wildman–Crippen LogP) is 2.03. The number of aromatic nitrogens is 2. The third-order valence-corrected chi connectivity index (χ3v) is 2.99. The Morgan fingerprint density at radius 2 is 2.06 bits per heavy atom. The molecule has 1 heterocycles. The minimum absolute atomic E-state index is 0.140. The Balaban J connectivity index is 2.55. The summed E-state index contributed by atoms with van der Waals surface area (Å²) in [6, 6.07) is 0. The molecule has 1 aromatic heterocycles. The van der Waals surface area contributed by atoms with Crippen LogP contribution in [0.5, 0.6) is 0 Å². The highest BCUT2D eigenvalue weighted by molar-refractivity contribution is 6.31. The number of hydrogen-bond acceptors (Lipinski definition) is 3. The molecule has 0 unspecified atom stereocenters. The molecule has 1 aromatic rings. The maximum absolute atomic E-state index is 6.19. The van der Waals surface area contributed by atoms with Gasteiger partial charge in [-0.3, -0.25) is 4.68 Å². The van der Waals surface area contributed by atoms with Crippen molar-refractivity contribution in [3.05, 3.63) is 16.9 Å². The zero-order valence-electron chi connectivity index (χ0n) is 12.1. The van der Waals surface area contributed by atoms with E-state index in [4.69, 9.17) is 11.6 Å². The van der Waals surface area contributed by atoms with Gasteiger partial charge in [0, 0.05) is 25.0 Å². The van der Waals surface area contributed by atoms with Gasteiger partial charge in [-0.25, -0.2) is 0 Å². The van der Waals surface area contributed by atoms with Crippen LogP contribution in [-0.2, 0) is 13.0 Å². The van der Waals surface area contributed by atoms with E-state index in [1.165, 1.54) is 0 Å². The average Bonchev–Trinajstić information content (AvgIpc) is 2.56. The van der Waals surface area contributed by atoms with Gasteiger partial charge in [0.05, 0.1) is 23.5 Å². The van der Waals surface area contributed by atoms with Crippen molar-refractivity contribution in [2.75, 3.05) is 27.2 Å². The molecule has 0 fully saturated rings. The van der Waals surface area contributed by atoms with Crippen LogP contribution in [0.1, 0.15) is 26.5 Å². The first-order valence-electron chi connectivity index (χ1n) is 6.39. The fourth-order valence-electron chi connectivity index (χ4n) is 1.68. The van der Waals surface area contributed by atoms with Crippen LogP contribution in [0.4, 0.5) is 0 Å². The van der Waals surface area contributed by atoms with Crippen LogP contribution in [0, 0.1) is 0 Å². The third-order valence-electron chi connectivity index (χ3n) is 2.67. The highest BCUT2D eigenvalue weighted by Gasteiger charge is 2.12. The summed E-state index contributed by atoms with van der Waals surface area (Å²) in [4.78, 5) is 2.15. The van der Waals surface area contributed by atoms with Crippen molar-refractivity contribution in [3.8, 4) is 0 Å². The molecule has 0 amide bonds. The van der Waals surface area contributed by atoms with E-state index < -0.39 is 0 Å². The largest absolute Gasteiger partial charge is 0.312 e. The summed E-state index contributed by atoms with van der Waals surface area (Å²) >= 11 is 6.19. The lowest BCUT2D eigenvalue weighted by molar-refractivity contribution is 0.367. The predicted molar refractivity (Wildman–Crippen MR) is 77.3 cm³/mol. The van der Waals surface area contributed by atoms with Gasteiger partial charge in [0.1, 0.15) is 0 Å². The average molecular weight is 273 g/mol. The molecule has 5 heteroatoms.